The first kappa shape index (κ1) is 21.6. The average molecular weight is 434 g/mol. The smallest absolute Gasteiger partial charge is 0.164 e. The molecule has 1 saturated heterocycles. The summed E-state index contributed by atoms with van der Waals surface area (Å²) in [5.74, 6) is 0.723. The lowest BCUT2D eigenvalue weighted by Crippen LogP contribution is -2.51. The lowest BCUT2D eigenvalue weighted by Gasteiger charge is -2.48. The van der Waals surface area contributed by atoms with Gasteiger partial charge >= 0.3 is 0 Å². The van der Waals surface area contributed by atoms with Gasteiger partial charge in [-0.15, -0.1) is 0 Å². The van der Waals surface area contributed by atoms with E-state index in [0.29, 0.717) is 12.3 Å². The Morgan fingerprint density at radius 3 is 2.75 bits per heavy atom. The number of ether oxygens (including phenoxy) is 1. The van der Waals surface area contributed by atoms with Gasteiger partial charge in [-0.05, 0) is 62.0 Å². The number of Topliss-reactive ketones (excluding diaryl/α,β-unsaturated/α-hetero) is 1. The van der Waals surface area contributed by atoms with Crippen molar-refractivity contribution in [3.63, 3.8) is 0 Å². The second kappa shape index (κ2) is 7.38. The largest absolute Gasteiger partial charge is 0.376 e. The van der Waals surface area contributed by atoms with Crippen LogP contribution in [-0.2, 0) is 14.9 Å². The summed E-state index contributed by atoms with van der Waals surface area (Å²) >= 11 is 0. The first-order valence-electron chi connectivity index (χ1n) is 12.0. The second-order valence-corrected chi connectivity index (χ2v) is 11.3. The van der Waals surface area contributed by atoms with E-state index in [1.54, 1.807) is 0 Å². The summed E-state index contributed by atoms with van der Waals surface area (Å²) in [6.07, 6.45) is 6.01. The number of allylic oxidation sites excluding steroid dienone is 2. The molecule has 3 aliphatic heterocycles. The lowest BCUT2D eigenvalue weighted by molar-refractivity contribution is -0.119. The molecular formula is C27H35N3O2. The number of ketones is 1. The standard InChI is InChI=1S/C27H35N3O2/c1-6-27(19-9-7-8-17(12-19)18-10-11-32-26(4,5)13-18)20-16-28-30-24(20)29-21-14-25(2,3)15-22(31)23(21)27/h7-9,12,16,18,24,29H,6,10-11,13-15H2,1-5H3/t18-,24?,27+/m0/s1. The van der Waals surface area contributed by atoms with Gasteiger partial charge in [-0.1, -0.05) is 45.0 Å². The molecule has 0 spiro atoms. The molecule has 0 saturated carbocycles. The van der Waals surface area contributed by atoms with E-state index in [2.05, 4.69) is 74.4 Å². The predicted octanol–water partition coefficient (Wildman–Crippen LogP) is 5.93. The van der Waals surface area contributed by atoms with Crippen LogP contribution in [-0.4, -0.2) is 24.2 Å². The third-order valence-electron chi connectivity index (χ3n) is 7.86. The van der Waals surface area contributed by atoms with Crippen LogP contribution in [0.25, 0.3) is 0 Å². The molecule has 3 atom stereocenters. The van der Waals surface area contributed by atoms with Crippen LogP contribution in [0.3, 0.4) is 0 Å². The average Bonchev–Trinajstić information content (AvgIpc) is 3.19. The minimum Gasteiger partial charge on any atom is -0.376 e. The number of rotatable bonds is 3. The van der Waals surface area contributed by atoms with Crippen molar-refractivity contribution in [1.29, 1.82) is 0 Å². The number of fused-ring (bicyclic) bond motifs is 1. The molecule has 1 aromatic carbocycles. The molecule has 0 aromatic heterocycles. The molecule has 3 heterocycles. The van der Waals surface area contributed by atoms with Gasteiger partial charge in [0, 0.05) is 29.9 Å². The van der Waals surface area contributed by atoms with Crippen molar-refractivity contribution in [3.05, 3.63) is 58.4 Å². The van der Waals surface area contributed by atoms with E-state index in [1.165, 1.54) is 11.1 Å². The molecule has 0 bridgehead atoms. The van der Waals surface area contributed by atoms with Crippen molar-refractivity contribution in [1.82, 2.24) is 5.32 Å². The summed E-state index contributed by atoms with van der Waals surface area (Å²) in [5.41, 5.74) is 5.04. The number of carbonyl (C=O) groups is 1. The van der Waals surface area contributed by atoms with Gasteiger partial charge in [0.05, 0.1) is 17.2 Å². The zero-order valence-electron chi connectivity index (χ0n) is 20.0. The third kappa shape index (κ3) is 3.37. The van der Waals surface area contributed by atoms with Crippen LogP contribution in [0.4, 0.5) is 0 Å². The zero-order chi connectivity index (χ0) is 22.7. The second-order valence-electron chi connectivity index (χ2n) is 11.3. The monoisotopic (exact) mass is 433 g/mol. The maximum Gasteiger partial charge on any atom is 0.164 e. The number of nitrogens with zero attached hydrogens (tertiary/aromatic N) is 2. The number of carbonyl (C=O) groups excluding carboxylic acids is 1. The van der Waals surface area contributed by atoms with Gasteiger partial charge in [0.1, 0.15) is 0 Å². The van der Waals surface area contributed by atoms with E-state index in [4.69, 9.17) is 4.74 Å². The van der Waals surface area contributed by atoms with Gasteiger partial charge in [0.25, 0.3) is 0 Å². The first-order valence-corrected chi connectivity index (χ1v) is 12.0. The van der Waals surface area contributed by atoms with Gasteiger partial charge < -0.3 is 10.1 Å². The number of azo groups is 1. The highest BCUT2D eigenvalue weighted by Gasteiger charge is 2.53. The topological polar surface area (TPSA) is 63.1 Å². The lowest BCUT2D eigenvalue weighted by atomic mass is 9.58. The zero-order valence-corrected chi connectivity index (χ0v) is 20.0. The number of hydrogen-bond donors (Lipinski definition) is 1. The predicted molar refractivity (Wildman–Crippen MR) is 125 cm³/mol. The highest BCUT2D eigenvalue weighted by atomic mass is 16.5. The van der Waals surface area contributed by atoms with Crippen molar-refractivity contribution in [2.24, 2.45) is 15.6 Å². The molecular weight excluding hydrogens is 398 g/mol. The SMILES string of the molecule is CC[C@@]1(c2cccc([C@H]3CCOC(C)(C)C3)c2)C2=CN=NC2NC2=C1C(=O)CC(C)(C)C2. The molecule has 0 amide bonds. The first-order chi connectivity index (χ1) is 15.2. The summed E-state index contributed by atoms with van der Waals surface area (Å²) in [5, 5.41) is 12.3. The summed E-state index contributed by atoms with van der Waals surface area (Å²) < 4.78 is 5.97. The van der Waals surface area contributed by atoms with Crippen molar-refractivity contribution in [2.75, 3.05) is 6.61 Å². The number of nitrogens with one attached hydrogen (secondary N) is 1. The molecule has 1 aromatic rings. The van der Waals surface area contributed by atoms with E-state index in [-0.39, 0.29) is 23.0 Å². The molecule has 170 valence electrons. The molecule has 1 aliphatic carbocycles. The minimum absolute atomic E-state index is 0.0467. The number of benzene rings is 1. The van der Waals surface area contributed by atoms with Crippen molar-refractivity contribution < 1.29 is 9.53 Å². The van der Waals surface area contributed by atoms with Gasteiger partial charge in [-0.25, -0.2) is 0 Å². The highest BCUT2D eigenvalue weighted by molar-refractivity contribution is 6.01. The van der Waals surface area contributed by atoms with Crippen LogP contribution in [0.15, 0.2) is 57.5 Å². The third-order valence-corrected chi connectivity index (χ3v) is 7.86. The van der Waals surface area contributed by atoms with Crippen LogP contribution in [0.1, 0.15) is 83.8 Å². The molecule has 0 radical (unpaired) electrons. The molecule has 32 heavy (non-hydrogen) atoms. The van der Waals surface area contributed by atoms with Crippen molar-refractivity contribution in [2.45, 2.75) is 89.8 Å². The van der Waals surface area contributed by atoms with E-state index in [9.17, 15) is 4.79 Å². The summed E-state index contributed by atoms with van der Waals surface area (Å²) in [6.45, 7) is 11.7. The summed E-state index contributed by atoms with van der Waals surface area (Å²) in [6, 6.07) is 8.98. The van der Waals surface area contributed by atoms with Gasteiger partial charge in [-0.2, -0.15) is 10.2 Å². The maximum absolute atomic E-state index is 13.6. The molecule has 4 aliphatic rings. The van der Waals surface area contributed by atoms with Crippen molar-refractivity contribution >= 4 is 5.78 Å². The Morgan fingerprint density at radius 2 is 2.00 bits per heavy atom. The molecule has 5 nitrogen and oxygen atoms in total. The Hall–Kier alpha value is -2.27. The fraction of sp³-hybridized carbons (Fsp3) is 0.593. The Labute approximate surface area is 191 Å². The van der Waals surface area contributed by atoms with Crippen molar-refractivity contribution in [3.8, 4) is 0 Å². The fourth-order valence-electron chi connectivity index (χ4n) is 6.46. The highest BCUT2D eigenvalue weighted by Crippen LogP contribution is 2.54. The van der Waals surface area contributed by atoms with Gasteiger partial charge in [-0.3, -0.25) is 4.79 Å². The maximum atomic E-state index is 13.6. The van der Waals surface area contributed by atoms with Crippen LogP contribution in [0.2, 0.25) is 0 Å². The minimum atomic E-state index is -0.473. The van der Waals surface area contributed by atoms with Crippen LogP contribution in [0, 0.1) is 5.41 Å². The van der Waals surface area contributed by atoms with E-state index < -0.39 is 5.41 Å². The van der Waals surface area contributed by atoms with Crippen LogP contribution >= 0.6 is 0 Å². The Bertz CT molecular complexity index is 1050. The summed E-state index contributed by atoms with van der Waals surface area (Å²) in [7, 11) is 0. The molecule has 5 heteroatoms. The van der Waals surface area contributed by atoms with Crippen LogP contribution < -0.4 is 5.32 Å². The molecule has 1 fully saturated rings. The fourth-order valence-corrected chi connectivity index (χ4v) is 6.46. The quantitative estimate of drug-likeness (QED) is 0.643. The van der Waals surface area contributed by atoms with Crippen LogP contribution in [0.5, 0.6) is 0 Å². The Kier molecular flexibility index (Phi) is 4.97. The van der Waals surface area contributed by atoms with Gasteiger partial charge in [0.2, 0.25) is 0 Å². The van der Waals surface area contributed by atoms with E-state index in [1.807, 2.05) is 6.20 Å². The molecule has 1 unspecified atom stereocenters. The number of hydrogen-bond acceptors (Lipinski definition) is 5. The van der Waals surface area contributed by atoms with E-state index in [0.717, 1.165) is 49.1 Å². The Balaban J connectivity index is 1.65. The molecule has 5 rings (SSSR count). The van der Waals surface area contributed by atoms with E-state index >= 15 is 0 Å². The summed E-state index contributed by atoms with van der Waals surface area (Å²) in [4.78, 5) is 13.6. The molecule has 1 N–H and O–H groups in total. The Morgan fingerprint density at radius 1 is 1.19 bits per heavy atom. The van der Waals surface area contributed by atoms with Gasteiger partial charge in [0.15, 0.2) is 11.9 Å². The normalized spacial score (nSPS) is 32.8.